The number of anilines is 2. The Labute approximate surface area is 122 Å². The van der Waals surface area contributed by atoms with Gasteiger partial charge in [-0.15, -0.1) is 0 Å². The maximum Gasteiger partial charge on any atom is 0.255 e. The molecule has 0 spiro atoms. The molecule has 2 aromatic heterocycles. The number of carbonyl (C=O) groups is 1. The number of nitrogens with one attached hydrogen (secondary N) is 1. The Balaban J connectivity index is 1.74. The molecule has 104 valence electrons. The molecule has 1 aromatic carbocycles. The van der Waals surface area contributed by atoms with Crippen molar-refractivity contribution in [3.8, 4) is 5.69 Å². The number of hydrogen-bond acceptors (Lipinski definition) is 3. The zero-order chi connectivity index (χ0) is 14.7. The molecular weight excluding hydrogens is 264 g/mol. The van der Waals surface area contributed by atoms with Crippen LogP contribution in [0, 0.1) is 0 Å². The summed E-state index contributed by atoms with van der Waals surface area (Å²) < 4.78 is 1.98. The molecule has 2 heterocycles. The zero-order valence-electron chi connectivity index (χ0n) is 11.2. The van der Waals surface area contributed by atoms with E-state index in [1.807, 2.05) is 41.2 Å². The first-order chi connectivity index (χ1) is 10.2. The van der Waals surface area contributed by atoms with E-state index in [1.54, 1.807) is 24.3 Å². The van der Waals surface area contributed by atoms with Crippen LogP contribution in [0.3, 0.4) is 0 Å². The molecule has 0 aliphatic rings. The van der Waals surface area contributed by atoms with Crippen LogP contribution in [0.15, 0.2) is 67.1 Å². The van der Waals surface area contributed by atoms with Crippen LogP contribution in [0.4, 0.5) is 11.5 Å². The molecule has 0 saturated carbocycles. The van der Waals surface area contributed by atoms with E-state index in [0.717, 1.165) is 5.69 Å². The van der Waals surface area contributed by atoms with Crippen molar-refractivity contribution in [3.63, 3.8) is 0 Å². The van der Waals surface area contributed by atoms with Crippen LogP contribution in [-0.2, 0) is 0 Å². The first kappa shape index (κ1) is 12.9. The van der Waals surface area contributed by atoms with E-state index in [9.17, 15) is 4.79 Å². The maximum atomic E-state index is 12.1. The van der Waals surface area contributed by atoms with Crippen molar-refractivity contribution >= 4 is 17.4 Å². The van der Waals surface area contributed by atoms with Gasteiger partial charge in [-0.3, -0.25) is 4.79 Å². The third-order valence-corrected chi connectivity index (χ3v) is 3.08. The highest BCUT2D eigenvalue weighted by molar-refractivity contribution is 6.04. The van der Waals surface area contributed by atoms with Gasteiger partial charge in [-0.25, -0.2) is 4.98 Å². The Morgan fingerprint density at radius 3 is 2.38 bits per heavy atom. The van der Waals surface area contributed by atoms with E-state index in [0.29, 0.717) is 17.1 Å². The molecule has 0 bridgehead atoms. The average molecular weight is 278 g/mol. The average Bonchev–Trinajstić information content (AvgIpc) is 3.04. The summed E-state index contributed by atoms with van der Waals surface area (Å²) >= 11 is 0. The molecule has 0 aliphatic heterocycles. The van der Waals surface area contributed by atoms with E-state index in [4.69, 9.17) is 5.73 Å². The minimum absolute atomic E-state index is 0.180. The van der Waals surface area contributed by atoms with Gasteiger partial charge in [0.05, 0.1) is 11.9 Å². The van der Waals surface area contributed by atoms with Crippen LogP contribution in [0.5, 0.6) is 0 Å². The van der Waals surface area contributed by atoms with Crippen molar-refractivity contribution in [1.29, 1.82) is 0 Å². The second-order valence-electron chi connectivity index (χ2n) is 4.56. The molecule has 5 nitrogen and oxygen atoms in total. The lowest BCUT2D eigenvalue weighted by Gasteiger charge is -2.07. The minimum atomic E-state index is -0.180. The molecule has 3 N–H and O–H groups in total. The maximum absolute atomic E-state index is 12.1. The van der Waals surface area contributed by atoms with Gasteiger partial charge < -0.3 is 15.6 Å². The second-order valence-corrected chi connectivity index (χ2v) is 4.56. The number of nitrogen functional groups attached to an aromatic ring is 1. The van der Waals surface area contributed by atoms with Crippen LogP contribution in [-0.4, -0.2) is 15.5 Å². The van der Waals surface area contributed by atoms with Gasteiger partial charge in [0.15, 0.2) is 0 Å². The predicted octanol–water partition coefficient (Wildman–Crippen LogP) is 2.71. The summed E-state index contributed by atoms with van der Waals surface area (Å²) in [5.74, 6) is 0.240. The lowest BCUT2D eigenvalue weighted by atomic mass is 10.2. The highest BCUT2D eigenvalue weighted by Crippen LogP contribution is 2.13. The van der Waals surface area contributed by atoms with E-state index >= 15 is 0 Å². The van der Waals surface area contributed by atoms with Crippen LogP contribution < -0.4 is 11.1 Å². The normalized spacial score (nSPS) is 10.3. The number of aromatic nitrogens is 2. The smallest absolute Gasteiger partial charge is 0.255 e. The third kappa shape index (κ3) is 2.92. The topological polar surface area (TPSA) is 72.9 Å². The van der Waals surface area contributed by atoms with Gasteiger partial charge in [-0.1, -0.05) is 0 Å². The Morgan fingerprint density at radius 2 is 1.76 bits per heavy atom. The predicted molar refractivity (Wildman–Crippen MR) is 82.4 cm³/mol. The SMILES string of the molecule is Nc1ccc(NC(=O)c2ccc(-n3cccc3)cc2)cn1. The van der Waals surface area contributed by atoms with Crippen molar-refractivity contribution < 1.29 is 4.79 Å². The van der Waals surface area contributed by atoms with Gasteiger partial charge in [-0.05, 0) is 48.5 Å². The molecule has 0 atom stereocenters. The summed E-state index contributed by atoms with van der Waals surface area (Å²) in [5.41, 5.74) is 7.71. The summed E-state index contributed by atoms with van der Waals surface area (Å²) in [6.45, 7) is 0. The van der Waals surface area contributed by atoms with Crippen molar-refractivity contribution in [2.45, 2.75) is 0 Å². The number of carbonyl (C=O) groups excluding carboxylic acids is 1. The van der Waals surface area contributed by atoms with Crippen molar-refractivity contribution in [2.75, 3.05) is 11.1 Å². The number of rotatable bonds is 3. The van der Waals surface area contributed by atoms with Crippen LogP contribution in [0.2, 0.25) is 0 Å². The van der Waals surface area contributed by atoms with Gasteiger partial charge in [0.1, 0.15) is 5.82 Å². The number of nitrogens with two attached hydrogens (primary N) is 1. The van der Waals surface area contributed by atoms with E-state index in [-0.39, 0.29) is 5.91 Å². The molecule has 5 heteroatoms. The molecular formula is C16H14N4O. The highest BCUT2D eigenvalue weighted by atomic mass is 16.1. The van der Waals surface area contributed by atoms with E-state index < -0.39 is 0 Å². The van der Waals surface area contributed by atoms with Gasteiger partial charge in [0.2, 0.25) is 0 Å². The van der Waals surface area contributed by atoms with Crippen molar-refractivity contribution in [1.82, 2.24) is 9.55 Å². The molecule has 0 aliphatic carbocycles. The van der Waals surface area contributed by atoms with Gasteiger partial charge in [0, 0.05) is 23.6 Å². The Kier molecular flexibility index (Phi) is 3.39. The fraction of sp³-hybridized carbons (Fsp3) is 0. The zero-order valence-corrected chi connectivity index (χ0v) is 11.2. The first-order valence-corrected chi connectivity index (χ1v) is 6.49. The molecule has 1 amide bonds. The van der Waals surface area contributed by atoms with Crippen LogP contribution in [0.1, 0.15) is 10.4 Å². The third-order valence-electron chi connectivity index (χ3n) is 3.08. The van der Waals surface area contributed by atoms with E-state index in [1.165, 1.54) is 6.20 Å². The second kappa shape index (κ2) is 5.50. The number of hydrogen-bond donors (Lipinski definition) is 2. The molecule has 0 fully saturated rings. The monoisotopic (exact) mass is 278 g/mol. The minimum Gasteiger partial charge on any atom is -0.384 e. The van der Waals surface area contributed by atoms with Crippen molar-refractivity contribution in [3.05, 3.63) is 72.7 Å². The van der Waals surface area contributed by atoms with Gasteiger partial charge >= 0.3 is 0 Å². The molecule has 21 heavy (non-hydrogen) atoms. The molecule has 0 radical (unpaired) electrons. The number of nitrogens with zero attached hydrogens (tertiary/aromatic N) is 2. The highest BCUT2D eigenvalue weighted by Gasteiger charge is 2.06. The first-order valence-electron chi connectivity index (χ1n) is 6.49. The van der Waals surface area contributed by atoms with Crippen LogP contribution in [0.25, 0.3) is 5.69 Å². The largest absolute Gasteiger partial charge is 0.384 e. The fourth-order valence-electron chi connectivity index (χ4n) is 1.97. The lowest BCUT2D eigenvalue weighted by Crippen LogP contribution is -2.12. The van der Waals surface area contributed by atoms with Gasteiger partial charge in [0.25, 0.3) is 5.91 Å². The summed E-state index contributed by atoms with van der Waals surface area (Å²) in [7, 11) is 0. The Morgan fingerprint density at radius 1 is 1.05 bits per heavy atom. The number of amides is 1. The summed E-state index contributed by atoms with van der Waals surface area (Å²) in [6.07, 6.45) is 5.44. The molecule has 0 saturated heterocycles. The van der Waals surface area contributed by atoms with E-state index in [2.05, 4.69) is 10.3 Å². The Hall–Kier alpha value is -3.08. The summed E-state index contributed by atoms with van der Waals surface area (Å²) in [4.78, 5) is 16.1. The number of benzene rings is 1. The summed E-state index contributed by atoms with van der Waals surface area (Å²) in [5, 5.41) is 2.78. The summed E-state index contributed by atoms with van der Waals surface area (Å²) in [6, 6.07) is 14.6. The molecule has 3 rings (SSSR count). The van der Waals surface area contributed by atoms with Crippen LogP contribution >= 0.6 is 0 Å². The van der Waals surface area contributed by atoms with Gasteiger partial charge in [-0.2, -0.15) is 0 Å². The molecule has 0 unspecified atom stereocenters. The quantitative estimate of drug-likeness (QED) is 0.773. The fourth-order valence-corrected chi connectivity index (χ4v) is 1.97. The Bertz CT molecular complexity index is 731. The lowest BCUT2D eigenvalue weighted by molar-refractivity contribution is 0.102. The standard InChI is InChI=1S/C16H14N4O/c17-15-8-5-13(11-18-15)19-16(21)12-3-6-14(7-4-12)20-9-1-2-10-20/h1-11H,(H2,17,18)(H,19,21). The van der Waals surface area contributed by atoms with Crippen molar-refractivity contribution in [2.24, 2.45) is 0 Å². The number of pyridine rings is 1. The molecule has 3 aromatic rings.